The Morgan fingerprint density at radius 1 is 1.41 bits per heavy atom. The SMILES string of the molecule is [O-][n+]1onc2c(Oc3cccnc3)[c]ccc21. The molecule has 2 heterocycles. The second-order valence-corrected chi connectivity index (χ2v) is 3.26. The van der Waals surface area contributed by atoms with Crippen LogP contribution in [0.3, 0.4) is 0 Å². The number of aromatic nitrogens is 3. The molecule has 83 valence electrons. The first-order valence-electron chi connectivity index (χ1n) is 4.82. The highest BCUT2D eigenvalue weighted by Gasteiger charge is 2.15. The lowest BCUT2D eigenvalue weighted by Crippen LogP contribution is -2.22. The third-order valence-corrected chi connectivity index (χ3v) is 2.17. The van der Waals surface area contributed by atoms with Crippen LogP contribution in [0, 0.1) is 11.3 Å². The second kappa shape index (κ2) is 3.75. The van der Waals surface area contributed by atoms with Gasteiger partial charge in [0.1, 0.15) is 5.75 Å². The number of benzene rings is 1. The van der Waals surface area contributed by atoms with E-state index in [1.165, 1.54) is 0 Å². The molecule has 0 aliphatic carbocycles. The Labute approximate surface area is 95.6 Å². The molecule has 0 unspecified atom stereocenters. The quantitative estimate of drug-likeness (QED) is 0.620. The smallest absolute Gasteiger partial charge is 0.291 e. The van der Waals surface area contributed by atoms with Crippen molar-refractivity contribution >= 4 is 11.0 Å². The third-order valence-electron chi connectivity index (χ3n) is 2.17. The summed E-state index contributed by atoms with van der Waals surface area (Å²) >= 11 is 0. The van der Waals surface area contributed by atoms with Gasteiger partial charge in [0.2, 0.25) is 5.52 Å². The predicted molar refractivity (Wildman–Crippen MR) is 56.1 cm³/mol. The lowest BCUT2D eigenvalue weighted by Gasteiger charge is -2.01. The van der Waals surface area contributed by atoms with Gasteiger partial charge in [-0.3, -0.25) is 9.61 Å². The number of rotatable bonds is 2. The Morgan fingerprint density at radius 2 is 2.35 bits per heavy atom. The summed E-state index contributed by atoms with van der Waals surface area (Å²) in [5.74, 6) is 0.866. The van der Waals surface area contributed by atoms with Crippen molar-refractivity contribution in [2.45, 2.75) is 0 Å². The van der Waals surface area contributed by atoms with Gasteiger partial charge in [-0.1, -0.05) is 0 Å². The van der Waals surface area contributed by atoms with Crippen LogP contribution in [-0.2, 0) is 0 Å². The monoisotopic (exact) mass is 228 g/mol. The first-order chi connectivity index (χ1) is 8.34. The molecule has 17 heavy (non-hydrogen) atoms. The van der Waals surface area contributed by atoms with Crippen LogP contribution in [0.1, 0.15) is 0 Å². The third kappa shape index (κ3) is 1.65. The first-order valence-corrected chi connectivity index (χ1v) is 4.82. The summed E-state index contributed by atoms with van der Waals surface area (Å²) in [6, 6.07) is 9.45. The highest BCUT2D eigenvalue weighted by atomic mass is 16.8. The summed E-state index contributed by atoms with van der Waals surface area (Å²) in [7, 11) is 0. The fourth-order valence-electron chi connectivity index (χ4n) is 1.42. The molecule has 0 fully saturated rings. The molecule has 3 rings (SSSR count). The van der Waals surface area contributed by atoms with Crippen LogP contribution in [0.5, 0.6) is 11.5 Å². The molecule has 0 N–H and O–H groups in total. The minimum atomic E-state index is 0.294. The van der Waals surface area contributed by atoms with E-state index in [1.807, 2.05) is 0 Å². The van der Waals surface area contributed by atoms with Crippen molar-refractivity contribution in [3.63, 3.8) is 0 Å². The highest BCUT2D eigenvalue weighted by Crippen LogP contribution is 2.25. The molecule has 3 aromatic rings. The summed E-state index contributed by atoms with van der Waals surface area (Å²) in [6.07, 6.45) is 3.19. The van der Waals surface area contributed by atoms with Crippen molar-refractivity contribution in [3.8, 4) is 11.5 Å². The largest absolute Gasteiger partial charge is 0.450 e. The molecule has 0 aliphatic heterocycles. The molecule has 1 radical (unpaired) electrons. The molecule has 0 atom stereocenters. The van der Waals surface area contributed by atoms with Gasteiger partial charge in [0, 0.05) is 12.3 Å². The van der Waals surface area contributed by atoms with Crippen LogP contribution in [-0.4, -0.2) is 10.1 Å². The summed E-state index contributed by atoms with van der Waals surface area (Å²) < 4.78 is 10.0. The van der Waals surface area contributed by atoms with E-state index in [-0.39, 0.29) is 0 Å². The summed E-state index contributed by atoms with van der Waals surface area (Å²) in [5, 5.41) is 14.8. The Kier molecular flexibility index (Phi) is 2.11. The number of fused-ring (bicyclic) bond motifs is 1. The van der Waals surface area contributed by atoms with E-state index in [1.54, 1.807) is 36.7 Å². The van der Waals surface area contributed by atoms with E-state index in [2.05, 4.69) is 20.8 Å². The maximum absolute atomic E-state index is 11.2. The van der Waals surface area contributed by atoms with Crippen LogP contribution < -0.4 is 9.64 Å². The normalized spacial score (nSPS) is 10.6. The van der Waals surface area contributed by atoms with Gasteiger partial charge in [-0.05, 0) is 29.2 Å². The maximum Gasteiger partial charge on any atom is 0.291 e. The van der Waals surface area contributed by atoms with Crippen LogP contribution >= 0.6 is 0 Å². The Morgan fingerprint density at radius 3 is 3.18 bits per heavy atom. The van der Waals surface area contributed by atoms with Gasteiger partial charge in [-0.2, -0.15) is 0 Å². The summed E-state index contributed by atoms with van der Waals surface area (Å²) in [6.45, 7) is 0. The number of pyridine rings is 1. The molecule has 0 amide bonds. The van der Waals surface area contributed by atoms with Crippen LogP contribution in [0.15, 0.2) is 41.3 Å². The number of hydrogen-bond acceptors (Lipinski definition) is 5. The van der Waals surface area contributed by atoms with E-state index < -0.39 is 0 Å². The van der Waals surface area contributed by atoms with E-state index in [4.69, 9.17) is 4.74 Å². The lowest BCUT2D eigenvalue weighted by atomic mass is 10.3. The molecular weight excluding hydrogens is 222 g/mol. The van der Waals surface area contributed by atoms with Gasteiger partial charge in [0.05, 0.1) is 11.4 Å². The van der Waals surface area contributed by atoms with E-state index in [0.29, 0.717) is 27.4 Å². The average Bonchev–Trinajstić information content (AvgIpc) is 2.74. The van der Waals surface area contributed by atoms with Crippen molar-refractivity contribution in [3.05, 3.63) is 47.9 Å². The highest BCUT2D eigenvalue weighted by molar-refractivity contribution is 5.77. The fraction of sp³-hybridized carbons (Fsp3) is 0. The predicted octanol–water partition coefficient (Wildman–Crippen LogP) is 1.45. The molecule has 1 aromatic carbocycles. The Balaban J connectivity index is 2.06. The van der Waals surface area contributed by atoms with Gasteiger partial charge in [-0.15, -0.1) is 0 Å². The van der Waals surface area contributed by atoms with E-state index in [0.717, 1.165) is 0 Å². The number of hydrogen-bond donors (Lipinski definition) is 0. The lowest BCUT2D eigenvalue weighted by molar-refractivity contribution is -0.782. The molecule has 0 aliphatic rings. The van der Waals surface area contributed by atoms with Crippen LogP contribution in [0.2, 0.25) is 0 Å². The molecule has 0 bridgehead atoms. The average molecular weight is 228 g/mol. The molecule has 0 spiro atoms. The minimum absolute atomic E-state index is 0.294. The first kappa shape index (κ1) is 9.59. The fourth-order valence-corrected chi connectivity index (χ4v) is 1.42. The topological polar surface area (TPSA) is 75.1 Å². The van der Waals surface area contributed by atoms with Crippen molar-refractivity contribution in [2.75, 3.05) is 0 Å². The van der Waals surface area contributed by atoms with Gasteiger partial charge in [0.25, 0.3) is 5.52 Å². The summed E-state index contributed by atoms with van der Waals surface area (Å²) in [4.78, 5) is 4.24. The minimum Gasteiger partial charge on any atom is -0.450 e. The number of ether oxygens (including phenoxy) is 1. The van der Waals surface area contributed by atoms with Crippen LogP contribution in [0.4, 0.5) is 0 Å². The van der Waals surface area contributed by atoms with Crippen molar-refractivity contribution in [1.82, 2.24) is 10.1 Å². The Bertz CT molecular complexity index is 651. The van der Waals surface area contributed by atoms with Gasteiger partial charge < -0.3 is 9.94 Å². The summed E-state index contributed by atoms with van der Waals surface area (Å²) in [5.41, 5.74) is 0.619. The van der Waals surface area contributed by atoms with E-state index >= 15 is 0 Å². The van der Waals surface area contributed by atoms with Crippen molar-refractivity contribution in [2.24, 2.45) is 0 Å². The molecule has 6 nitrogen and oxygen atoms in total. The zero-order valence-electron chi connectivity index (χ0n) is 8.53. The van der Waals surface area contributed by atoms with E-state index in [9.17, 15) is 5.21 Å². The molecule has 6 heteroatoms. The maximum atomic E-state index is 11.2. The molecule has 0 saturated carbocycles. The standard InChI is InChI=1S/C11H6N3O3/c15-14-9-4-1-5-10(11(9)13-17-14)16-8-3-2-6-12-7-8/h1-4,6-7H. The van der Waals surface area contributed by atoms with Gasteiger partial charge in [0.15, 0.2) is 5.75 Å². The molecule has 0 saturated heterocycles. The van der Waals surface area contributed by atoms with Gasteiger partial charge >= 0.3 is 0 Å². The second-order valence-electron chi connectivity index (χ2n) is 3.26. The Hall–Kier alpha value is -2.63. The number of nitrogens with zero attached hydrogens (tertiary/aromatic N) is 3. The van der Waals surface area contributed by atoms with Crippen molar-refractivity contribution in [1.29, 1.82) is 0 Å². The molecule has 2 aromatic heterocycles. The zero-order valence-corrected chi connectivity index (χ0v) is 8.53. The molecular formula is C11H6N3O3. The zero-order chi connectivity index (χ0) is 11.7. The van der Waals surface area contributed by atoms with Crippen LogP contribution in [0.25, 0.3) is 11.0 Å². The van der Waals surface area contributed by atoms with Crippen molar-refractivity contribution < 1.29 is 14.3 Å². The van der Waals surface area contributed by atoms with Gasteiger partial charge in [-0.25, -0.2) is 0 Å².